The summed E-state index contributed by atoms with van der Waals surface area (Å²) in [6.45, 7) is 0.125. The van der Waals surface area contributed by atoms with Gasteiger partial charge in [0.25, 0.3) is 0 Å². The number of benzene rings is 1. The van der Waals surface area contributed by atoms with Crippen LogP contribution in [0.25, 0.3) is 0 Å². The lowest BCUT2D eigenvalue weighted by Gasteiger charge is -2.14. The molecule has 132 valence electrons. The first kappa shape index (κ1) is 16.8. The molecule has 0 amide bonds. The van der Waals surface area contributed by atoms with Crippen LogP contribution in [-0.2, 0) is 6.61 Å². The topological polar surface area (TPSA) is 22.1 Å². The van der Waals surface area contributed by atoms with Crippen LogP contribution in [0, 0.1) is 11.6 Å². The summed E-state index contributed by atoms with van der Waals surface area (Å²) >= 11 is 1.76. The molecule has 0 saturated heterocycles. The van der Waals surface area contributed by atoms with Crippen LogP contribution in [0.15, 0.2) is 35.5 Å². The summed E-state index contributed by atoms with van der Waals surface area (Å²) < 4.78 is 34.0. The van der Waals surface area contributed by atoms with E-state index in [1.54, 1.807) is 18.0 Å². The maximum Gasteiger partial charge on any atom is 0.191 e. The molecule has 0 aliphatic heterocycles. The molecule has 2 fully saturated rings. The fourth-order valence-corrected chi connectivity index (χ4v) is 4.61. The Bertz CT molecular complexity index is 734. The SMILES string of the molecule is Fc1cc(C2CC2)cc(F)c1OCc1cccnc1SC1CCCC1. The highest BCUT2D eigenvalue weighted by Crippen LogP contribution is 2.42. The molecule has 2 nitrogen and oxygen atoms in total. The molecule has 5 heteroatoms. The number of ether oxygens (including phenoxy) is 1. The molecule has 1 aromatic carbocycles. The van der Waals surface area contributed by atoms with Crippen molar-refractivity contribution in [2.75, 3.05) is 0 Å². The zero-order chi connectivity index (χ0) is 17.2. The molecule has 1 aromatic heterocycles. The lowest BCUT2D eigenvalue weighted by atomic mass is 10.1. The number of aromatic nitrogens is 1. The van der Waals surface area contributed by atoms with Crippen LogP contribution < -0.4 is 4.74 Å². The average Bonchev–Trinajstić information content (AvgIpc) is 3.33. The Morgan fingerprint density at radius 1 is 1.08 bits per heavy atom. The first-order valence-corrected chi connectivity index (χ1v) is 9.81. The van der Waals surface area contributed by atoms with E-state index in [0.717, 1.165) is 29.0 Å². The molecule has 0 spiro atoms. The third-order valence-corrected chi connectivity index (χ3v) is 6.27. The standard InChI is InChI=1S/C20H21F2NOS/c21-17-10-15(13-7-8-13)11-18(22)19(17)24-12-14-4-3-9-23-20(14)25-16-5-1-2-6-16/h3-4,9-11,13,16H,1-2,5-8,12H2. The molecule has 4 rings (SSSR count). The summed E-state index contributed by atoms with van der Waals surface area (Å²) in [5.41, 5.74) is 1.62. The van der Waals surface area contributed by atoms with Gasteiger partial charge in [0.15, 0.2) is 17.4 Å². The molecular formula is C20H21F2NOS. The molecule has 2 saturated carbocycles. The highest BCUT2D eigenvalue weighted by molar-refractivity contribution is 7.99. The van der Waals surface area contributed by atoms with Crippen molar-refractivity contribution in [3.05, 3.63) is 53.2 Å². The molecule has 25 heavy (non-hydrogen) atoms. The highest BCUT2D eigenvalue weighted by atomic mass is 32.2. The Kier molecular flexibility index (Phi) is 4.93. The molecule has 0 N–H and O–H groups in total. The van der Waals surface area contributed by atoms with Gasteiger partial charge in [0.1, 0.15) is 11.6 Å². The summed E-state index contributed by atoms with van der Waals surface area (Å²) in [7, 11) is 0. The average molecular weight is 361 g/mol. The van der Waals surface area contributed by atoms with Gasteiger partial charge in [-0.2, -0.15) is 0 Å². The summed E-state index contributed by atoms with van der Waals surface area (Å²) in [5, 5.41) is 1.49. The van der Waals surface area contributed by atoms with Gasteiger partial charge >= 0.3 is 0 Å². The second-order valence-corrected chi connectivity index (χ2v) is 8.16. The zero-order valence-electron chi connectivity index (χ0n) is 14.0. The molecule has 2 aromatic rings. The van der Waals surface area contributed by atoms with Crippen LogP contribution in [0.2, 0.25) is 0 Å². The van der Waals surface area contributed by atoms with Crippen molar-refractivity contribution in [2.24, 2.45) is 0 Å². The summed E-state index contributed by atoms with van der Waals surface area (Å²) in [6, 6.07) is 6.57. The predicted molar refractivity (Wildman–Crippen MR) is 95.0 cm³/mol. The van der Waals surface area contributed by atoms with Crippen molar-refractivity contribution < 1.29 is 13.5 Å². The zero-order valence-corrected chi connectivity index (χ0v) is 14.8. The summed E-state index contributed by atoms with van der Waals surface area (Å²) in [6.07, 6.45) is 8.71. The minimum Gasteiger partial charge on any atom is -0.483 e. The smallest absolute Gasteiger partial charge is 0.191 e. The maximum absolute atomic E-state index is 14.2. The van der Waals surface area contributed by atoms with Gasteiger partial charge in [-0.25, -0.2) is 13.8 Å². The van der Waals surface area contributed by atoms with Crippen LogP contribution in [0.4, 0.5) is 8.78 Å². The Morgan fingerprint density at radius 2 is 1.80 bits per heavy atom. The lowest BCUT2D eigenvalue weighted by molar-refractivity contribution is 0.270. The minimum atomic E-state index is -0.615. The monoisotopic (exact) mass is 361 g/mol. The summed E-state index contributed by atoms with van der Waals surface area (Å²) in [5.74, 6) is -1.21. The van der Waals surface area contributed by atoms with Crippen LogP contribution in [0.1, 0.15) is 55.6 Å². The Morgan fingerprint density at radius 3 is 2.48 bits per heavy atom. The molecular weight excluding hydrogens is 340 g/mol. The fraction of sp³-hybridized carbons (Fsp3) is 0.450. The molecule has 0 radical (unpaired) electrons. The molecule has 0 unspecified atom stereocenters. The van der Waals surface area contributed by atoms with E-state index in [-0.39, 0.29) is 12.4 Å². The van der Waals surface area contributed by atoms with E-state index < -0.39 is 11.6 Å². The van der Waals surface area contributed by atoms with Crippen molar-refractivity contribution in [1.29, 1.82) is 0 Å². The number of rotatable bonds is 6. The Hall–Kier alpha value is -1.62. The van der Waals surface area contributed by atoms with Gasteiger partial charge in [-0.05, 0) is 55.4 Å². The number of hydrogen-bond donors (Lipinski definition) is 0. The Balaban J connectivity index is 1.48. The number of hydrogen-bond acceptors (Lipinski definition) is 3. The highest BCUT2D eigenvalue weighted by Gasteiger charge is 2.26. The van der Waals surface area contributed by atoms with Gasteiger partial charge < -0.3 is 4.74 Å². The van der Waals surface area contributed by atoms with Gasteiger partial charge in [0, 0.05) is 17.0 Å². The number of nitrogens with zero attached hydrogens (tertiary/aromatic N) is 1. The normalized spacial score (nSPS) is 17.8. The summed E-state index contributed by atoms with van der Waals surface area (Å²) in [4.78, 5) is 4.44. The lowest BCUT2D eigenvalue weighted by Crippen LogP contribution is -2.04. The van der Waals surface area contributed by atoms with Crippen molar-refractivity contribution >= 4 is 11.8 Å². The van der Waals surface area contributed by atoms with E-state index in [0.29, 0.717) is 11.2 Å². The largest absolute Gasteiger partial charge is 0.483 e. The maximum atomic E-state index is 14.2. The van der Waals surface area contributed by atoms with Gasteiger partial charge in [-0.15, -0.1) is 11.8 Å². The first-order chi connectivity index (χ1) is 12.2. The molecule has 2 aliphatic rings. The van der Waals surface area contributed by atoms with E-state index in [4.69, 9.17) is 4.74 Å². The van der Waals surface area contributed by atoms with E-state index in [2.05, 4.69) is 4.98 Å². The van der Waals surface area contributed by atoms with Crippen molar-refractivity contribution in [2.45, 2.75) is 61.3 Å². The predicted octanol–water partition coefficient (Wildman–Crippen LogP) is 5.85. The number of thioether (sulfide) groups is 1. The fourth-order valence-electron chi connectivity index (χ4n) is 3.32. The number of pyridine rings is 1. The minimum absolute atomic E-state index is 0.125. The van der Waals surface area contributed by atoms with Crippen LogP contribution >= 0.6 is 11.8 Å². The van der Waals surface area contributed by atoms with Gasteiger partial charge in [0.2, 0.25) is 0 Å². The van der Waals surface area contributed by atoms with Crippen LogP contribution in [-0.4, -0.2) is 10.2 Å². The van der Waals surface area contributed by atoms with Crippen molar-refractivity contribution in [1.82, 2.24) is 4.98 Å². The van der Waals surface area contributed by atoms with E-state index in [1.165, 1.54) is 37.8 Å². The molecule has 2 aliphatic carbocycles. The van der Waals surface area contributed by atoms with E-state index in [1.807, 2.05) is 12.1 Å². The van der Waals surface area contributed by atoms with Gasteiger partial charge in [-0.3, -0.25) is 0 Å². The first-order valence-electron chi connectivity index (χ1n) is 8.93. The second-order valence-electron chi connectivity index (χ2n) is 6.87. The molecule has 1 heterocycles. The molecule has 0 atom stereocenters. The van der Waals surface area contributed by atoms with Crippen molar-refractivity contribution in [3.8, 4) is 5.75 Å². The van der Waals surface area contributed by atoms with Gasteiger partial charge in [0.05, 0.1) is 0 Å². The second kappa shape index (κ2) is 7.32. The third kappa shape index (κ3) is 3.97. The quantitative estimate of drug-likeness (QED) is 0.644. The van der Waals surface area contributed by atoms with Gasteiger partial charge in [-0.1, -0.05) is 18.9 Å². The van der Waals surface area contributed by atoms with E-state index >= 15 is 0 Å². The Labute approximate surface area is 151 Å². The van der Waals surface area contributed by atoms with Crippen molar-refractivity contribution in [3.63, 3.8) is 0 Å². The third-order valence-electron chi connectivity index (χ3n) is 4.87. The van der Waals surface area contributed by atoms with Crippen LogP contribution in [0.3, 0.4) is 0 Å². The number of halogens is 2. The van der Waals surface area contributed by atoms with Crippen LogP contribution in [0.5, 0.6) is 5.75 Å². The van der Waals surface area contributed by atoms with E-state index in [9.17, 15) is 8.78 Å². The molecule has 0 bridgehead atoms.